The quantitative estimate of drug-likeness (QED) is 0.857. The van der Waals surface area contributed by atoms with Crippen molar-refractivity contribution in [2.24, 2.45) is 0 Å². The highest BCUT2D eigenvalue weighted by atomic mass is 19.1. The molecule has 1 aliphatic heterocycles. The molecule has 1 aromatic carbocycles. The lowest BCUT2D eigenvalue weighted by atomic mass is 10.0. The van der Waals surface area contributed by atoms with Gasteiger partial charge in [-0.3, -0.25) is 9.69 Å². The number of halogens is 1. The Bertz CT molecular complexity index is 870. The minimum absolute atomic E-state index is 0.157. The van der Waals surface area contributed by atoms with Crippen LogP contribution in [0.2, 0.25) is 0 Å². The molecule has 0 bridgehead atoms. The normalized spacial score (nSPS) is 15.7. The number of carbonyl (C=O) groups is 2. The van der Waals surface area contributed by atoms with Gasteiger partial charge in [0, 0.05) is 18.4 Å². The SMILES string of the molecule is CCC(=O)Nc1nc2c(cc1Cc1ccc(F)cc1)N(C(=O)O)C(C)CO2. The molecule has 2 amide bonds. The average molecular weight is 373 g/mol. The second kappa shape index (κ2) is 7.61. The van der Waals surface area contributed by atoms with Crippen LogP contribution in [0.5, 0.6) is 5.88 Å². The van der Waals surface area contributed by atoms with Crippen LogP contribution in [0.3, 0.4) is 0 Å². The van der Waals surface area contributed by atoms with Crippen LogP contribution in [-0.4, -0.2) is 34.7 Å². The molecule has 1 aromatic heterocycles. The summed E-state index contributed by atoms with van der Waals surface area (Å²) in [5, 5.41) is 12.3. The maximum absolute atomic E-state index is 13.2. The van der Waals surface area contributed by atoms with E-state index < -0.39 is 6.09 Å². The highest BCUT2D eigenvalue weighted by Crippen LogP contribution is 2.36. The highest BCUT2D eigenvalue weighted by Gasteiger charge is 2.31. The minimum Gasteiger partial charge on any atom is -0.474 e. The molecular formula is C19H20FN3O4. The van der Waals surface area contributed by atoms with Crippen molar-refractivity contribution in [2.75, 3.05) is 16.8 Å². The summed E-state index contributed by atoms with van der Waals surface area (Å²) < 4.78 is 18.7. The van der Waals surface area contributed by atoms with Crippen molar-refractivity contribution in [2.45, 2.75) is 32.7 Å². The molecule has 0 radical (unpaired) electrons. The molecule has 0 saturated carbocycles. The number of rotatable bonds is 4. The molecule has 2 heterocycles. The van der Waals surface area contributed by atoms with E-state index >= 15 is 0 Å². The monoisotopic (exact) mass is 373 g/mol. The summed E-state index contributed by atoms with van der Waals surface area (Å²) in [4.78, 5) is 29.1. The van der Waals surface area contributed by atoms with E-state index in [-0.39, 0.29) is 36.7 Å². The fourth-order valence-corrected chi connectivity index (χ4v) is 2.89. The molecule has 0 aliphatic carbocycles. The van der Waals surface area contributed by atoms with E-state index in [0.717, 1.165) is 5.56 Å². The Morgan fingerprint density at radius 1 is 1.37 bits per heavy atom. The first-order valence-corrected chi connectivity index (χ1v) is 8.62. The second-order valence-electron chi connectivity index (χ2n) is 6.34. The zero-order valence-electron chi connectivity index (χ0n) is 15.0. The minimum atomic E-state index is -1.10. The lowest BCUT2D eigenvalue weighted by Gasteiger charge is -2.32. The van der Waals surface area contributed by atoms with Gasteiger partial charge in [-0.15, -0.1) is 0 Å². The number of ether oxygens (including phenoxy) is 1. The predicted molar refractivity (Wildman–Crippen MR) is 97.8 cm³/mol. The lowest BCUT2D eigenvalue weighted by Crippen LogP contribution is -2.44. The maximum Gasteiger partial charge on any atom is 0.412 e. The van der Waals surface area contributed by atoms with Crippen molar-refractivity contribution in [3.8, 4) is 5.88 Å². The number of carbonyl (C=O) groups excluding carboxylic acids is 1. The fraction of sp³-hybridized carbons (Fsp3) is 0.316. The van der Waals surface area contributed by atoms with Gasteiger partial charge in [0.15, 0.2) is 0 Å². The number of anilines is 2. The van der Waals surface area contributed by atoms with Crippen LogP contribution >= 0.6 is 0 Å². The molecule has 0 saturated heterocycles. The number of amides is 2. The van der Waals surface area contributed by atoms with Crippen molar-refractivity contribution in [3.05, 3.63) is 47.3 Å². The topological polar surface area (TPSA) is 91.8 Å². The molecule has 142 valence electrons. The Morgan fingerprint density at radius 3 is 2.70 bits per heavy atom. The number of hydrogen-bond acceptors (Lipinski definition) is 4. The third kappa shape index (κ3) is 3.99. The van der Waals surface area contributed by atoms with Crippen molar-refractivity contribution in [1.29, 1.82) is 0 Å². The second-order valence-corrected chi connectivity index (χ2v) is 6.34. The van der Waals surface area contributed by atoms with E-state index in [0.29, 0.717) is 23.5 Å². The first-order chi connectivity index (χ1) is 12.9. The summed E-state index contributed by atoms with van der Waals surface area (Å²) >= 11 is 0. The Labute approximate surface area is 155 Å². The van der Waals surface area contributed by atoms with Gasteiger partial charge in [-0.05, 0) is 30.7 Å². The van der Waals surface area contributed by atoms with Gasteiger partial charge in [-0.25, -0.2) is 9.18 Å². The smallest absolute Gasteiger partial charge is 0.412 e. The summed E-state index contributed by atoms with van der Waals surface area (Å²) in [6.07, 6.45) is -0.484. The molecular weight excluding hydrogens is 353 g/mol. The average Bonchev–Trinajstić information content (AvgIpc) is 2.63. The number of benzene rings is 1. The van der Waals surface area contributed by atoms with E-state index in [9.17, 15) is 19.1 Å². The van der Waals surface area contributed by atoms with E-state index in [4.69, 9.17) is 4.74 Å². The Balaban J connectivity index is 2.06. The Hall–Kier alpha value is -3.16. The van der Waals surface area contributed by atoms with Crippen LogP contribution in [0.1, 0.15) is 31.4 Å². The Morgan fingerprint density at radius 2 is 2.07 bits per heavy atom. The predicted octanol–water partition coefficient (Wildman–Crippen LogP) is 3.43. The summed E-state index contributed by atoms with van der Waals surface area (Å²) in [5.41, 5.74) is 1.75. The summed E-state index contributed by atoms with van der Waals surface area (Å²) in [5.74, 6) is -0.0993. The largest absolute Gasteiger partial charge is 0.474 e. The Kier molecular flexibility index (Phi) is 5.25. The molecule has 1 aliphatic rings. The molecule has 8 heteroatoms. The summed E-state index contributed by atoms with van der Waals surface area (Å²) in [7, 11) is 0. The number of pyridine rings is 1. The van der Waals surface area contributed by atoms with Gasteiger partial charge in [0.2, 0.25) is 11.8 Å². The molecule has 7 nitrogen and oxygen atoms in total. The van der Waals surface area contributed by atoms with Gasteiger partial charge >= 0.3 is 6.09 Å². The van der Waals surface area contributed by atoms with E-state index in [2.05, 4.69) is 10.3 Å². The van der Waals surface area contributed by atoms with E-state index in [1.165, 1.54) is 17.0 Å². The van der Waals surface area contributed by atoms with Crippen molar-refractivity contribution >= 4 is 23.5 Å². The molecule has 0 spiro atoms. The highest BCUT2D eigenvalue weighted by molar-refractivity contribution is 5.93. The van der Waals surface area contributed by atoms with Gasteiger partial charge in [0.1, 0.15) is 23.9 Å². The molecule has 1 atom stereocenters. The third-order valence-electron chi connectivity index (χ3n) is 4.30. The molecule has 2 aromatic rings. The molecule has 3 rings (SSSR count). The maximum atomic E-state index is 13.2. The van der Waals surface area contributed by atoms with Crippen molar-refractivity contribution in [3.63, 3.8) is 0 Å². The van der Waals surface area contributed by atoms with Crippen LogP contribution in [0.4, 0.5) is 20.7 Å². The van der Waals surface area contributed by atoms with Gasteiger partial charge < -0.3 is 15.2 Å². The van der Waals surface area contributed by atoms with Crippen LogP contribution in [0, 0.1) is 5.82 Å². The van der Waals surface area contributed by atoms with Crippen molar-refractivity contribution < 1.29 is 23.8 Å². The summed E-state index contributed by atoms with van der Waals surface area (Å²) in [6.45, 7) is 3.63. The zero-order valence-corrected chi connectivity index (χ0v) is 15.0. The lowest BCUT2D eigenvalue weighted by molar-refractivity contribution is -0.115. The van der Waals surface area contributed by atoms with Crippen LogP contribution in [0.25, 0.3) is 0 Å². The van der Waals surface area contributed by atoms with Gasteiger partial charge in [-0.2, -0.15) is 4.98 Å². The molecule has 27 heavy (non-hydrogen) atoms. The summed E-state index contributed by atoms with van der Waals surface area (Å²) in [6, 6.07) is 7.25. The van der Waals surface area contributed by atoms with E-state index in [1.54, 1.807) is 32.0 Å². The van der Waals surface area contributed by atoms with Gasteiger partial charge in [0.05, 0.1) is 6.04 Å². The number of hydrogen-bond donors (Lipinski definition) is 2. The van der Waals surface area contributed by atoms with E-state index in [1.807, 2.05) is 0 Å². The number of nitrogens with one attached hydrogen (secondary N) is 1. The molecule has 2 N–H and O–H groups in total. The third-order valence-corrected chi connectivity index (χ3v) is 4.30. The zero-order chi connectivity index (χ0) is 19.6. The molecule has 1 unspecified atom stereocenters. The molecule has 0 fully saturated rings. The number of nitrogens with zero attached hydrogens (tertiary/aromatic N) is 2. The van der Waals surface area contributed by atoms with Gasteiger partial charge in [-0.1, -0.05) is 19.1 Å². The standard InChI is InChI=1S/C19H20FN3O4/c1-3-16(24)21-17-13(8-12-4-6-14(20)7-5-12)9-15-18(22-17)27-10-11(2)23(15)19(25)26/h4-7,9,11H,3,8,10H2,1-2H3,(H,25,26)(H,21,22,24). The van der Waals surface area contributed by atoms with Crippen LogP contribution in [0.15, 0.2) is 30.3 Å². The van der Waals surface area contributed by atoms with Crippen LogP contribution in [-0.2, 0) is 11.2 Å². The number of carboxylic acid groups (broad SMARTS) is 1. The fourth-order valence-electron chi connectivity index (χ4n) is 2.89. The first-order valence-electron chi connectivity index (χ1n) is 8.62. The number of fused-ring (bicyclic) bond motifs is 1. The van der Waals surface area contributed by atoms with Crippen LogP contribution < -0.4 is 15.0 Å². The van der Waals surface area contributed by atoms with Gasteiger partial charge in [0.25, 0.3) is 0 Å². The number of aromatic nitrogens is 1. The van der Waals surface area contributed by atoms with Crippen molar-refractivity contribution in [1.82, 2.24) is 4.98 Å². The first kappa shape index (κ1) is 18.6.